The van der Waals surface area contributed by atoms with Gasteiger partial charge in [-0.25, -0.2) is 0 Å². The van der Waals surface area contributed by atoms with E-state index >= 15 is 0 Å². The molecule has 0 radical (unpaired) electrons. The molecule has 0 fully saturated rings. The average Bonchev–Trinajstić information content (AvgIpc) is 2.91. The van der Waals surface area contributed by atoms with E-state index in [1.54, 1.807) is 36.7 Å². The van der Waals surface area contributed by atoms with Crippen LogP contribution in [-0.2, 0) is 0 Å². The van der Waals surface area contributed by atoms with Gasteiger partial charge in [0.25, 0.3) is 5.91 Å². The van der Waals surface area contributed by atoms with Crippen molar-refractivity contribution < 1.29 is 9.21 Å². The third-order valence-electron chi connectivity index (χ3n) is 3.26. The first-order valence-corrected chi connectivity index (χ1v) is 6.91. The molecule has 0 saturated heterocycles. The minimum atomic E-state index is -0.258. The molecule has 3 rings (SSSR count). The summed E-state index contributed by atoms with van der Waals surface area (Å²) in [6.45, 7) is 1.91. The Hall–Kier alpha value is -2.33. The molecule has 106 valence electrons. The molecule has 3 aromatic rings. The first kappa shape index (κ1) is 13.6. The van der Waals surface area contributed by atoms with Gasteiger partial charge in [0.2, 0.25) is 0 Å². The van der Waals surface area contributed by atoms with Crippen molar-refractivity contribution in [1.82, 2.24) is 10.3 Å². The number of nitrogens with one attached hydrogen (secondary N) is 1. The van der Waals surface area contributed by atoms with Crippen LogP contribution >= 0.6 is 11.6 Å². The fourth-order valence-corrected chi connectivity index (χ4v) is 2.31. The predicted molar refractivity (Wildman–Crippen MR) is 81.3 cm³/mol. The van der Waals surface area contributed by atoms with Crippen LogP contribution in [0.2, 0.25) is 5.02 Å². The maximum Gasteiger partial charge on any atom is 0.287 e. The summed E-state index contributed by atoms with van der Waals surface area (Å²) in [5, 5.41) is 4.32. The Balaban J connectivity index is 1.80. The zero-order valence-corrected chi connectivity index (χ0v) is 12.1. The van der Waals surface area contributed by atoms with Crippen molar-refractivity contribution in [2.45, 2.75) is 13.0 Å². The maximum atomic E-state index is 12.2. The SMILES string of the molecule is CC(NC(=O)c1cc2cc(Cl)ccc2o1)c1ccncc1. The van der Waals surface area contributed by atoms with Gasteiger partial charge in [0.1, 0.15) is 5.58 Å². The van der Waals surface area contributed by atoms with E-state index in [9.17, 15) is 4.79 Å². The number of furan rings is 1. The van der Waals surface area contributed by atoms with Crippen molar-refractivity contribution in [2.24, 2.45) is 0 Å². The molecule has 1 amide bonds. The Labute approximate surface area is 126 Å². The summed E-state index contributed by atoms with van der Waals surface area (Å²) in [4.78, 5) is 16.2. The summed E-state index contributed by atoms with van der Waals surface area (Å²) in [6.07, 6.45) is 3.39. The Morgan fingerprint density at radius 3 is 2.76 bits per heavy atom. The summed E-state index contributed by atoms with van der Waals surface area (Å²) >= 11 is 5.92. The number of nitrogens with zero attached hydrogens (tertiary/aromatic N) is 1. The van der Waals surface area contributed by atoms with Crippen molar-refractivity contribution >= 4 is 28.5 Å². The molecule has 0 spiro atoms. The van der Waals surface area contributed by atoms with E-state index in [0.717, 1.165) is 10.9 Å². The van der Waals surface area contributed by atoms with E-state index in [4.69, 9.17) is 16.0 Å². The molecule has 1 atom stereocenters. The lowest BCUT2D eigenvalue weighted by Gasteiger charge is -2.12. The Bertz CT molecular complexity index is 783. The molecule has 1 N–H and O–H groups in total. The van der Waals surface area contributed by atoms with Gasteiger partial charge < -0.3 is 9.73 Å². The molecule has 1 unspecified atom stereocenters. The van der Waals surface area contributed by atoms with Crippen molar-refractivity contribution in [3.05, 3.63) is 65.1 Å². The van der Waals surface area contributed by atoms with E-state index < -0.39 is 0 Å². The fraction of sp³-hybridized carbons (Fsp3) is 0.125. The highest BCUT2D eigenvalue weighted by atomic mass is 35.5. The second-order valence-corrected chi connectivity index (χ2v) is 5.20. The summed E-state index contributed by atoms with van der Waals surface area (Å²) < 4.78 is 5.54. The Morgan fingerprint density at radius 1 is 1.24 bits per heavy atom. The molecule has 0 aliphatic rings. The van der Waals surface area contributed by atoms with Crippen LogP contribution < -0.4 is 5.32 Å². The normalized spacial score (nSPS) is 12.3. The van der Waals surface area contributed by atoms with Crippen molar-refractivity contribution in [1.29, 1.82) is 0 Å². The highest BCUT2D eigenvalue weighted by Crippen LogP contribution is 2.23. The van der Waals surface area contributed by atoms with Gasteiger partial charge >= 0.3 is 0 Å². The van der Waals surface area contributed by atoms with E-state index in [0.29, 0.717) is 10.6 Å². The number of halogens is 1. The van der Waals surface area contributed by atoms with E-state index in [2.05, 4.69) is 10.3 Å². The van der Waals surface area contributed by atoms with Gasteiger partial charge in [0.15, 0.2) is 5.76 Å². The highest BCUT2D eigenvalue weighted by Gasteiger charge is 2.15. The molecule has 4 nitrogen and oxygen atoms in total. The van der Waals surface area contributed by atoms with Gasteiger partial charge in [-0.1, -0.05) is 11.6 Å². The van der Waals surface area contributed by atoms with Crippen LogP contribution in [0.5, 0.6) is 0 Å². The standard InChI is InChI=1S/C16H13ClN2O2/c1-10(11-4-6-18-7-5-11)19-16(20)15-9-12-8-13(17)2-3-14(12)21-15/h2-10H,1H3,(H,19,20). The zero-order chi connectivity index (χ0) is 14.8. The van der Waals surface area contributed by atoms with E-state index in [1.807, 2.05) is 19.1 Å². The van der Waals surface area contributed by atoms with Gasteiger partial charge in [-0.3, -0.25) is 9.78 Å². The van der Waals surface area contributed by atoms with E-state index in [-0.39, 0.29) is 17.7 Å². The Kier molecular flexibility index (Phi) is 3.62. The molecular weight excluding hydrogens is 288 g/mol. The van der Waals surface area contributed by atoms with Gasteiger partial charge in [0, 0.05) is 22.8 Å². The van der Waals surface area contributed by atoms with Crippen LogP contribution in [0.4, 0.5) is 0 Å². The van der Waals surface area contributed by atoms with Gasteiger partial charge in [-0.05, 0) is 48.9 Å². The van der Waals surface area contributed by atoms with Gasteiger partial charge in [-0.15, -0.1) is 0 Å². The number of benzene rings is 1. The number of hydrogen-bond donors (Lipinski definition) is 1. The first-order chi connectivity index (χ1) is 10.1. The number of rotatable bonds is 3. The van der Waals surface area contributed by atoms with Crippen LogP contribution in [0.25, 0.3) is 11.0 Å². The third kappa shape index (κ3) is 2.90. The van der Waals surface area contributed by atoms with Gasteiger partial charge in [-0.2, -0.15) is 0 Å². The van der Waals surface area contributed by atoms with Crippen LogP contribution in [0.15, 0.2) is 53.2 Å². The van der Waals surface area contributed by atoms with Gasteiger partial charge in [0.05, 0.1) is 6.04 Å². The van der Waals surface area contributed by atoms with Crippen molar-refractivity contribution in [2.75, 3.05) is 0 Å². The molecule has 1 aromatic carbocycles. The molecule has 0 aliphatic carbocycles. The molecule has 0 saturated carbocycles. The number of carbonyl (C=O) groups excluding carboxylic acids is 1. The summed E-state index contributed by atoms with van der Waals surface area (Å²) in [5.74, 6) is 0.0137. The summed E-state index contributed by atoms with van der Waals surface area (Å²) in [5.41, 5.74) is 1.62. The molecule has 2 aromatic heterocycles. The predicted octanol–water partition coefficient (Wildman–Crippen LogP) is 3.97. The molecule has 21 heavy (non-hydrogen) atoms. The molecule has 5 heteroatoms. The number of carbonyl (C=O) groups is 1. The monoisotopic (exact) mass is 300 g/mol. The number of aromatic nitrogens is 1. The maximum absolute atomic E-state index is 12.2. The lowest BCUT2D eigenvalue weighted by Crippen LogP contribution is -2.26. The quantitative estimate of drug-likeness (QED) is 0.796. The van der Waals surface area contributed by atoms with Crippen molar-refractivity contribution in [3.8, 4) is 0 Å². The average molecular weight is 301 g/mol. The van der Waals surface area contributed by atoms with Crippen LogP contribution in [0.1, 0.15) is 29.1 Å². The fourth-order valence-electron chi connectivity index (χ4n) is 2.13. The molecule has 2 heterocycles. The zero-order valence-electron chi connectivity index (χ0n) is 11.3. The van der Waals surface area contributed by atoms with E-state index in [1.165, 1.54) is 0 Å². The minimum Gasteiger partial charge on any atom is -0.451 e. The molecule has 0 aliphatic heterocycles. The Morgan fingerprint density at radius 2 is 2.00 bits per heavy atom. The number of amides is 1. The largest absolute Gasteiger partial charge is 0.451 e. The number of fused-ring (bicyclic) bond motifs is 1. The van der Waals surface area contributed by atoms with Crippen LogP contribution in [0, 0.1) is 0 Å². The summed E-state index contributed by atoms with van der Waals surface area (Å²) in [7, 11) is 0. The smallest absolute Gasteiger partial charge is 0.287 e. The number of hydrogen-bond acceptors (Lipinski definition) is 3. The lowest BCUT2D eigenvalue weighted by molar-refractivity contribution is 0.0914. The van der Waals surface area contributed by atoms with Crippen LogP contribution in [-0.4, -0.2) is 10.9 Å². The first-order valence-electron chi connectivity index (χ1n) is 6.53. The molecular formula is C16H13ClN2O2. The lowest BCUT2D eigenvalue weighted by atomic mass is 10.1. The minimum absolute atomic E-state index is 0.127. The molecule has 0 bridgehead atoms. The van der Waals surface area contributed by atoms with Crippen molar-refractivity contribution in [3.63, 3.8) is 0 Å². The topological polar surface area (TPSA) is 55.1 Å². The summed E-state index contributed by atoms with van der Waals surface area (Å²) in [6, 6.07) is 10.5. The third-order valence-corrected chi connectivity index (χ3v) is 3.49. The second-order valence-electron chi connectivity index (χ2n) is 4.77. The highest BCUT2D eigenvalue weighted by molar-refractivity contribution is 6.31. The van der Waals surface area contributed by atoms with Crippen LogP contribution in [0.3, 0.4) is 0 Å². The second kappa shape index (κ2) is 5.58. The number of pyridine rings is 1.